The molecule has 0 radical (unpaired) electrons. The monoisotopic (exact) mass is 350 g/mol. The third-order valence-electron chi connectivity index (χ3n) is 4.30. The minimum atomic E-state index is -0.0482. The van der Waals surface area contributed by atoms with Crippen LogP contribution >= 0.6 is 0 Å². The summed E-state index contributed by atoms with van der Waals surface area (Å²) in [7, 11) is 0. The summed E-state index contributed by atoms with van der Waals surface area (Å²) in [4.78, 5) is 15.7. The molecule has 3 heteroatoms. The molecule has 1 amide bonds. The van der Waals surface area contributed by atoms with Crippen LogP contribution in [-0.2, 0) is 11.2 Å². The highest BCUT2D eigenvalue weighted by molar-refractivity contribution is 5.95. The topological polar surface area (TPSA) is 44.9 Å². The molecule has 0 saturated carbocycles. The Morgan fingerprint density at radius 2 is 1.59 bits per heavy atom. The maximum Gasteiger partial charge on any atom is 0.228 e. The van der Waals surface area contributed by atoms with E-state index in [1.165, 1.54) is 0 Å². The van der Waals surface area contributed by atoms with Gasteiger partial charge in [-0.3, -0.25) is 4.79 Å². The van der Waals surface area contributed by atoms with Crippen LogP contribution in [0.2, 0.25) is 0 Å². The minimum absolute atomic E-state index is 0.0482. The first kappa shape index (κ1) is 16.7. The summed E-state index contributed by atoms with van der Waals surface area (Å²) in [6, 6.07) is 25.4. The predicted molar refractivity (Wildman–Crippen MR) is 109 cm³/mol. The van der Waals surface area contributed by atoms with E-state index in [0.29, 0.717) is 6.42 Å². The fourth-order valence-corrected chi connectivity index (χ4v) is 3.00. The standard InChI is InChI=1S/C24H18N2O/c27-24(16-20-17-25-23-12-5-4-11-22(20)23)26-21-10-6-9-19(15-21)14-13-18-7-2-1-3-8-18/h1-12,15,17,25H,16H2,(H,26,27). The van der Waals surface area contributed by atoms with Crippen molar-refractivity contribution in [3.8, 4) is 11.8 Å². The number of nitrogens with one attached hydrogen (secondary N) is 2. The molecule has 0 saturated heterocycles. The van der Waals surface area contributed by atoms with Gasteiger partial charge in [-0.05, 0) is 42.0 Å². The van der Waals surface area contributed by atoms with E-state index in [0.717, 1.165) is 33.3 Å². The molecule has 2 N–H and O–H groups in total. The number of aromatic nitrogens is 1. The first-order chi connectivity index (χ1) is 13.3. The highest BCUT2D eigenvalue weighted by Gasteiger charge is 2.09. The van der Waals surface area contributed by atoms with Gasteiger partial charge in [-0.25, -0.2) is 0 Å². The van der Waals surface area contributed by atoms with Gasteiger partial charge in [0.2, 0.25) is 5.91 Å². The van der Waals surface area contributed by atoms with E-state index in [-0.39, 0.29) is 5.91 Å². The molecule has 0 unspecified atom stereocenters. The lowest BCUT2D eigenvalue weighted by atomic mass is 10.1. The molecule has 3 nitrogen and oxygen atoms in total. The number of anilines is 1. The quantitative estimate of drug-likeness (QED) is 0.515. The van der Waals surface area contributed by atoms with Gasteiger partial charge in [0.1, 0.15) is 0 Å². The van der Waals surface area contributed by atoms with Gasteiger partial charge in [0, 0.05) is 33.9 Å². The fourth-order valence-electron chi connectivity index (χ4n) is 3.00. The second kappa shape index (κ2) is 7.63. The Hall–Kier alpha value is -3.77. The van der Waals surface area contributed by atoms with Gasteiger partial charge in [-0.2, -0.15) is 0 Å². The molecule has 0 aliphatic carbocycles. The summed E-state index contributed by atoms with van der Waals surface area (Å²) in [6.45, 7) is 0. The van der Waals surface area contributed by atoms with E-state index in [9.17, 15) is 4.79 Å². The summed E-state index contributed by atoms with van der Waals surface area (Å²) >= 11 is 0. The van der Waals surface area contributed by atoms with Crippen molar-refractivity contribution in [3.63, 3.8) is 0 Å². The number of carbonyl (C=O) groups excluding carboxylic acids is 1. The first-order valence-corrected chi connectivity index (χ1v) is 8.80. The van der Waals surface area contributed by atoms with Gasteiger partial charge in [0.05, 0.1) is 6.42 Å². The Kier molecular flexibility index (Phi) is 4.72. The molecule has 0 spiro atoms. The zero-order chi connectivity index (χ0) is 18.5. The van der Waals surface area contributed by atoms with E-state index in [1.54, 1.807) is 0 Å². The molecule has 4 rings (SSSR count). The molecule has 1 aromatic heterocycles. The second-order valence-electron chi connectivity index (χ2n) is 6.28. The Morgan fingerprint density at radius 1 is 0.852 bits per heavy atom. The zero-order valence-electron chi connectivity index (χ0n) is 14.7. The smallest absolute Gasteiger partial charge is 0.228 e. The lowest BCUT2D eigenvalue weighted by Gasteiger charge is -2.05. The number of hydrogen-bond acceptors (Lipinski definition) is 1. The number of fused-ring (bicyclic) bond motifs is 1. The Labute approximate surface area is 158 Å². The Balaban J connectivity index is 1.46. The number of amides is 1. The summed E-state index contributed by atoms with van der Waals surface area (Å²) < 4.78 is 0. The molecule has 0 bridgehead atoms. The number of H-pyrrole nitrogens is 1. The number of hydrogen-bond donors (Lipinski definition) is 2. The average molecular weight is 350 g/mol. The summed E-state index contributed by atoms with van der Waals surface area (Å²) in [5, 5.41) is 4.04. The highest BCUT2D eigenvalue weighted by atomic mass is 16.1. The predicted octanol–water partition coefficient (Wildman–Crippen LogP) is 4.75. The van der Waals surface area contributed by atoms with E-state index >= 15 is 0 Å². The lowest BCUT2D eigenvalue weighted by Crippen LogP contribution is -2.14. The minimum Gasteiger partial charge on any atom is -0.361 e. The summed E-state index contributed by atoms with van der Waals surface area (Å²) in [5.41, 5.74) is 4.61. The van der Waals surface area contributed by atoms with Crippen molar-refractivity contribution in [3.05, 3.63) is 102 Å². The van der Waals surface area contributed by atoms with Gasteiger partial charge in [-0.1, -0.05) is 54.3 Å². The molecule has 1 heterocycles. The SMILES string of the molecule is O=C(Cc1c[nH]c2ccccc12)Nc1cccc(C#Cc2ccccc2)c1. The van der Waals surface area contributed by atoms with Crippen LogP contribution in [0.1, 0.15) is 16.7 Å². The molecule has 3 aromatic carbocycles. The third kappa shape index (κ3) is 4.08. The van der Waals surface area contributed by atoms with Gasteiger partial charge in [-0.15, -0.1) is 0 Å². The zero-order valence-corrected chi connectivity index (χ0v) is 14.7. The number of aromatic amines is 1. The van der Waals surface area contributed by atoms with Crippen molar-refractivity contribution >= 4 is 22.5 Å². The number of para-hydroxylation sites is 1. The Morgan fingerprint density at radius 3 is 2.48 bits per heavy atom. The molecule has 0 aliphatic heterocycles. The third-order valence-corrected chi connectivity index (χ3v) is 4.30. The summed E-state index contributed by atoms with van der Waals surface area (Å²) in [6.07, 6.45) is 2.22. The average Bonchev–Trinajstić information content (AvgIpc) is 3.10. The number of rotatable bonds is 3. The van der Waals surface area contributed by atoms with E-state index in [4.69, 9.17) is 0 Å². The molecular weight excluding hydrogens is 332 g/mol. The van der Waals surface area contributed by atoms with Crippen molar-refractivity contribution in [1.82, 2.24) is 4.98 Å². The summed E-state index contributed by atoms with van der Waals surface area (Å²) in [5.74, 6) is 6.22. The molecule has 27 heavy (non-hydrogen) atoms. The molecular formula is C24H18N2O. The second-order valence-corrected chi connectivity index (χ2v) is 6.28. The molecule has 0 aliphatic rings. The molecule has 130 valence electrons. The van der Waals surface area contributed by atoms with Gasteiger partial charge >= 0.3 is 0 Å². The maximum absolute atomic E-state index is 12.5. The van der Waals surface area contributed by atoms with E-state index in [2.05, 4.69) is 22.1 Å². The fraction of sp³-hybridized carbons (Fsp3) is 0.0417. The normalized spacial score (nSPS) is 10.2. The number of benzene rings is 3. The van der Waals surface area contributed by atoms with Crippen LogP contribution in [0, 0.1) is 11.8 Å². The van der Waals surface area contributed by atoms with Gasteiger partial charge in [0.25, 0.3) is 0 Å². The van der Waals surface area contributed by atoms with Crippen molar-refractivity contribution in [1.29, 1.82) is 0 Å². The largest absolute Gasteiger partial charge is 0.361 e. The molecule has 4 aromatic rings. The highest BCUT2D eigenvalue weighted by Crippen LogP contribution is 2.19. The van der Waals surface area contributed by atoms with Crippen molar-refractivity contribution in [2.24, 2.45) is 0 Å². The van der Waals surface area contributed by atoms with Gasteiger partial charge in [0.15, 0.2) is 0 Å². The first-order valence-electron chi connectivity index (χ1n) is 8.80. The molecule has 0 atom stereocenters. The van der Waals surface area contributed by atoms with Crippen LogP contribution in [0.5, 0.6) is 0 Å². The van der Waals surface area contributed by atoms with Crippen LogP contribution in [0.4, 0.5) is 5.69 Å². The molecule has 0 fully saturated rings. The van der Waals surface area contributed by atoms with Crippen molar-refractivity contribution < 1.29 is 4.79 Å². The van der Waals surface area contributed by atoms with Crippen LogP contribution in [0.25, 0.3) is 10.9 Å². The van der Waals surface area contributed by atoms with E-state index in [1.807, 2.05) is 85.1 Å². The van der Waals surface area contributed by atoms with Crippen LogP contribution < -0.4 is 5.32 Å². The van der Waals surface area contributed by atoms with E-state index < -0.39 is 0 Å². The van der Waals surface area contributed by atoms with Crippen LogP contribution in [-0.4, -0.2) is 10.9 Å². The van der Waals surface area contributed by atoms with Crippen LogP contribution in [0.15, 0.2) is 85.1 Å². The maximum atomic E-state index is 12.5. The number of carbonyl (C=O) groups is 1. The van der Waals surface area contributed by atoms with Gasteiger partial charge < -0.3 is 10.3 Å². The lowest BCUT2D eigenvalue weighted by molar-refractivity contribution is -0.115. The van der Waals surface area contributed by atoms with Crippen molar-refractivity contribution in [2.45, 2.75) is 6.42 Å². The van der Waals surface area contributed by atoms with Crippen molar-refractivity contribution in [2.75, 3.05) is 5.32 Å². The van der Waals surface area contributed by atoms with Crippen LogP contribution in [0.3, 0.4) is 0 Å². The Bertz CT molecular complexity index is 1150.